The van der Waals surface area contributed by atoms with Crippen molar-refractivity contribution in [1.29, 1.82) is 0 Å². The maximum Gasteiger partial charge on any atom is 0.243 e. The summed E-state index contributed by atoms with van der Waals surface area (Å²) in [6.07, 6.45) is 3.94. The zero-order valence-corrected chi connectivity index (χ0v) is 19.6. The van der Waals surface area contributed by atoms with E-state index in [1.54, 1.807) is 30.3 Å². The molecule has 0 aliphatic carbocycles. The minimum Gasteiger partial charge on any atom is -0.326 e. The van der Waals surface area contributed by atoms with Crippen LogP contribution in [-0.4, -0.2) is 49.7 Å². The number of hydrogen-bond donors (Lipinski definition) is 1. The molecular weight excluding hydrogens is 422 g/mol. The lowest BCUT2D eigenvalue weighted by molar-refractivity contribution is -0.120. The molecule has 2 atom stereocenters. The first-order chi connectivity index (χ1) is 15.4. The number of carbonyl (C=O) groups is 1. The maximum absolute atomic E-state index is 12.9. The molecule has 1 amide bonds. The molecule has 172 valence electrons. The van der Waals surface area contributed by atoms with E-state index in [9.17, 15) is 13.2 Å². The quantitative estimate of drug-likeness (QED) is 0.716. The molecule has 2 unspecified atom stereocenters. The molecule has 32 heavy (non-hydrogen) atoms. The number of amides is 1. The molecule has 0 radical (unpaired) electrons. The summed E-state index contributed by atoms with van der Waals surface area (Å²) in [6.45, 7) is 6.20. The first kappa shape index (κ1) is 23.0. The van der Waals surface area contributed by atoms with Crippen LogP contribution in [0.3, 0.4) is 0 Å². The van der Waals surface area contributed by atoms with Gasteiger partial charge in [-0.3, -0.25) is 9.69 Å². The molecule has 2 fully saturated rings. The largest absolute Gasteiger partial charge is 0.326 e. The Labute approximate surface area is 191 Å². The molecule has 2 saturated heterocycles. The van der Waals surface area contributed by atoms with Crippen molar-refractivity contribution in [1.82, 2.24) is 9.21 Å². The molecule has 6 nitrogen and oxygen atoms in total. The Kier molecular flexibility index (Phi) is 7.28. The normalized spacial score (nSPS) is 23.0. The highest BCUT2D eigenvalue weighted by Gasteiger charge is 2.33. The molecule has 1 N–H and O–H groups in total. The van der Waals surface area contributed by atoms with Crippen LogP contribution in [0.25, 0.3) is 0 Å². The van der Waals surface area contributed by atoms with Crippen LogP contribution in [0.2, 0.25) is 0 Å². The van der Waals surface area contributed by atoms with Gasteiger partial charge in [-0.25, -0.2) is 8.42 Å². The predicted molar refractivity (Wildman–Crippen MR) is 127 cm³/mol. The Morgan fingerprint density at radius 1 is 0.969 bits per heavy atom. The summed E-state index contributed by atoms with van der Waals surface area (Å²) in [5, 5.41) is 2.99. The van der Waals surface area contributed by atoms with E-state index in [4.69, 9.17) is 0 Å². The van der Waals surface area contributed by atoms with Gasteiger partial charge in [0.1, 0.15) is 0 Å². The van der Waals surface area contributed by atoms with Crippen LogP contribution in [0.1, 0.15) is 38.2 Å². The molecule has 0 spiro atoms. The van der Waals surface area contributed by atoms with Crippen molar-refractivity contribution in [3.05, 3.63) is 60.2 Å². The average molecular weight is 456 g/mol. The predicted octanol–water partition coefficient (Wildman–Crippen LogP) is 3.96. The van der Waals surface area contributed by atoms with Crippen LogP contribution in [-0.2, 0) is 21.4 Å². The standard InChI is InChI=1S/C25H33N3O3S/c1-20-7-5-15-27(17-20)18-21-11-13-23(14-12-21)26-25(29)22-8-6-16-28(19-22)32(30,31)24-9-3-2-4-10-24/h2-4,9-14,20,22H,5-8,15-19H2,1H3,(H,26,29). The average Bonchev–Trinajstić information content (AvgIpc) is 2.81. The molecule has 2 aromatic rings. The molecule has 7 heteroatoms. The van der Waals surface area contributed by atoms with Crippen molar-refractivity contribution >= 4 is 21.6 Å². The lowest BCUT2D eigenvalue weighted by Gasteiger charge is -2.31. The summed E-state index contributed by atoms with van der Waals surface area (Å²) < 4.78 is 27.3. The maximum atomic E-state index is 12.9. The van der Waals surface area contributed by atoms with Gasteiger partial charge in [-0.15, -0.1) is 0 Å². The van der Waals surface area contributed by atoms with Gasteiger partial charge in [0.05, 0.1) is 10.8 Å². The Hall–Kier alpha value is -2.22. The first-order valence-corrected chi connectivity index (χ1v) is 13.0. The lowest BCUT2D eigenvalue weighted by Crippen LogP contribution is -2.43. The SMILES string of the molecule is CC1CCCN(Cc2ccc(NC(=O)C3CCCN(S(=O)(=O)c4ccccc4)C3)cc2)C1. The molecule has 0 aromatic heterocycles. The number of nitrogens with one attached hydrogen (secondary N) is 1. The van der Waals surface area contributed by atoms with Crippen molar-refractivity contribution in [3.63, 3.8) is 0 Å². The van der Waals surface area contributed by atoms with Gasteiger partial charge < -0.3 is 5.32 Å². The highest BCUT2D eigenvalue weighted by molar-refractivity contribution is 7.89. The van der Waals surface area contributed by atoms with E-state index in [2.05, 4.69) is 29.3 Å². The number of benzene rings is 2. The second kappa shape index (κ2) is 10.1. The minimum absolute atomic E-state index is 0.115. The second-order valence-electron chi connectivity index (χ2n) is 9.18. The number of likely N-dealkylation sites (tertiary alicyclic amines) is 1. The van der Waals surface area contributed by atoms with E-state index in [-0.39, 0.29) is 23.3 Å². The monoisotopic (exact) mass is 455 g/mol. The zero-order valence-electron chi connectivity index (χ0n) is 18.7. The summed E-state index contributed by atoms with van der Waals surface area (Å²) in [5.41, 5.74) is 2.00. The molecular formula is C25H33N3O3S. The molecule has 2 aliphatic heterocycles. The van der Waals surface area contributed by atoms with E-state index >= 15 is 0 Å². The van der Waals surface area contributed by atoms with Crippen LogP contribution in [0.15, 0.2) is 59.5 Å². The van der Waals surface area contributed by atoms with Crippen LogP contribution in [0.4, 0.5) is 5.69 Å². The summed E-state index contributed by atoms with van der Waals surface area (Å²) >= 11 is 0. The van der Waals surface area contributed by atoms with E-state index in [1.807, 2.05) is 12.1 Å². The Morgan fingerprint density at radius 3 is 2.41 bits per heavy atom. The van der Waals surface area contributed by atoms with Crippen molar-refractivity contribution in [2.24, 2.45) is 11.8 Å². The van der Waals surface area contributed by atoms with Crippen LogP contribution < -0.4 is 5.32 Å². The highest BCUT2D eigenvalue weighted by atomic mass is 32.2. The molecule has 0 bridgehead atoms. The Morgan fingerprint density at radius 2 is 1.69 bits per heavy atom. The summed E-state index contributed by atoms with van der Waals surface area (Å²) in [7, 11) is -3.58. The molecule has 2 aromatic carbocycles. The van der Waals surface area contributed by atoms with Crippen LogP contribution in [0.5, 0.6) is 0 Å². The third-order valence-corrected chi connectivity index (χ3v) is 8.38. The zero-order chi connectivity index (χ0) is 22.6. The summed E-state index contributed by atoms with van der Waals surface area (Å²) in [5.74, 6) is 0.287. The van der Waals surface area contributed by atoms with Crippen molar-refractivity contribution < 1.29 is 13.2 Å². The third kappa shape index (κ3) is 5.57. The molecule has 2 aliphatic rings. The van der Waals surface area contributed by atoms with Gasteiger partial charge in [-0.1, -0.05) is 37.3 Å². The number of carbonyl (C=O) groups excluding carboxylic acids is 1. The fourth-order valence-corrected chi connectivity index (χ4v) is 6.29. The van der Waals surface area contributed by atoms with Gasteiger partial charge >= 0.3 is 0 Å². The van der Waals surface area contributed by atoms with Gasteiger partial charge in [0.25, 0.3) is 0 Å². The minimum atomic E-state index is -3.58. The molecule has 0 saturated carbocycles. The van der Waals surface area contributed by atoms with Crippen molar-refractivity contribution in [2.45, 2.75) is 44.0 Å². The smallest absolute Gasteiger partial charge is 0.243 e. The van der Waals surface area contributed by atoms with Crippen LogP contribution in [0, 0.1) is 11.8 Å². The van der Waals surface area contributed by atoms with Gasteiger partial charge in [-0.2, -0.15) is 4.31 Å². The fraction of sp³-hybridized carbons (Fsp3) is 0.480. The van der Waals surface area contributed by atoms with Crippen molar-refractivity contribution in [3.8, 4) is 0 Å². The number of nitrogens with zero attached hydrogens (tertiary/aromatic N) is 2. The summed E-state index contributed by atoms with van der Waals surface area (Å²) in [4.78, 5) is 15.6. The Bertz CT molecular complexity index is 1010. The number of rotatable bonds is 6. The van der Waals surface area contributed by atoms with E-state index in [0.717, 1.165) is 31.2 Å². The number of hydrogen-bond acceptors (Lipinski definition) is 4. The van der Waals surface area contributed by atoms with Gasteiger partial charge in [-0.05, 0) is 68.0 Å². The number of piperidine rings is 2. The Balaban J connectivity index is 1.34. The fourth-order valence-electron chi connectivity index (χ4n) is 4.74. The first-order valence-electron chi connectivity index (χ1n) is 11.6. The topological polar surface area (TPSA) is 69.7 Å². The van der Waals surface area contributed by atoms with Crippen molar-refractivity contribution in [2.75, 3.05) is 31.5 Å². The van der Waals surface area contributed by atoms with Gasteiger partial charge in [0.15, 0.2) is 0 Å². The number of sulfonamides is 1. The van der Waals surface area contributed by atoms with Gasteiger partial charge in [0.2, 0.25) is 15.9 Å². The van der Waals surface area contributed by atoms with Crippen LogP contribution >= 0.6 is 0 Å². The third-order valence-electron chi connectivity index (χ3n) is 6.50. The van der Waals surface area contributed by atoms with E-state index in [0.29, 0.717) is 19.4 Å². The van der Waals surface area contributed by atoms with E-state index < -0.39 is 10.0 Å². The van der Waals surface area contributed by atoms with Gasteiger partial charge in [0, 0.05) is 31.9 Å². The second-order valence-corrected chi connectivity index (χ2v) is 11.1. The lowest BCUT2D eigenvalue weighted by atomic mass is 9.98. The highest BCUT2D eigenvalue weighted by Crippen LogP contribution is 2.25. The van der Waals surface area contributed by atoms with E-state index in [1.165, 1.54) is 22.7 Å². The molecule has 2 heterocycles. The summed E-state index contributed by atoms with van der Waals surface area (Å²) in [6, 6.07) is 16.5. The molecule has 4 rings (SSSR count). The number of anilines is 1.